The van der Waals surface area contributed by atoms with Crippen LogP contribution in [0.5, 0.6) is 0 Å². The van der Waals surface area contributed by atoms with Crippen LogP contribution in [0.2, 0.25) is 0 Å². The van der Waals surface area contributed by atoms with Crippen molar-refractivity contribution in [3.8, 4) is 0 Å². The first-order valence-corrected chi connectivity index (χ1v) is 13.2. The molecule has 0 bridgehead atoms. The SMILES string of the molecule is CC(=O)Nc1ccc(N2CCC[C@@H](N3CCC(NC(=O)CNC(=O)c4cccc(C(F)(F)F)c4)C3)CC2)cc1. The van der Waals surface area contributed by atoms with Gasteiger partial charge in [0.05, 0.1) is 12.1 Å². The summed E-state index contributed by atoms with van der Waals surface area (Å²) >= 11 is 0. The molecule has 2 aromatic carbocycles. The molecule has 2 atom stereocenters. The van der Waals surface area contributed by atoms with E-state index in [-0.39, 0.29) is 30.0 Å². The van der Waals surface area contributed by atoms with Crippen LogP contribution in [0.15, 0.2) is 48.5 Å². The van der Waals surface area contributed by atoms with Gasteiger partial charge in [-0.15, -0.1) is 0 Å². The molecule has 1 unspecified atom stereocenters. The average Bonchev–Trinajstić information content (AvgIpc) is 3.21. The van der Waals surface area contributed by atoms with Gasteiger partial charge in [0.2, 0.25) is 11.8 Å². The second kappa shape index (κ2) is 12.5. The Morgan fingerprint density at radius 2 is 1.74 bits per heavy atom. The predicted octanol–water partition coefficient (Wildman–Crippen LogP) is 3.64. The third kappa shape index (κ3) is 7.95. The highest BCUT2D eigenvalue weighted by atomic mass is 19.4. The summed E-state index contributed by atoms with van der Waals surface area (Å²) in [6, 6.07) is 12.4. The molecule has 0 saturated carbocycles. The molecule has 3 amide bonds. The smallest absolute Gasteiger partial charge is 0.371 e. The van der Waals surface area contributed by atoms with Crippen LogP contribution in [0.3, 0.4) is 0 Å². The molecule has 2 aliphatic heterocycles. The maximum absolute atomic E-state index is 12.9. The van der Waals surface area contributed by atoms with Crippen molar-refractivity contribution in [2.45, 2.75) is 50.9 Å². The molecule has 2 heterocycles. The first-order chi connectivity index (χ1) is 18.6. The van der Waals surface area contributed by atoms with E-state index in [0.717, 1.165) is 75.4 Å². The van der Waals surface area contributed by atoms with Gasteiger partial charge in [0.1, 0.15) is 0 Å². The van der Waals surface area contributed by atoms with Crippen LogP contribution in [-0.4, -0.2) is 67.4 Å². The molecule has 0 radical (unpaired) electrons. The number of likely N-dealkylation sites (tertiary alicyclic amines) is 1. The summed E-state index contributed by atoms with van der Waals surface area (Å²) in [6.45, 7) is 4.65. The Balaban J connectivity index is 1.21. The van der Waals surface area contributed by atoms with Gasteiger partial charge in [-0.1, -0.05) is 6.07 Å². The lowest BCUT2D eigenvalue weighted by Gasteiger charge is -2.27. The van der Waals surface area contributed by atoms with Gasteiger partial charge in [0, 0.05) is 62.1 Å². The van der Waals surface area contributed by atoms with Gasteiger partial charge in [-0.25, -0.2) is 0 Å². The lowest BCUT2D eigenvalue weighted by Crippen LogP contribution is -2.44. The van der Waals surface area contributed by atoms with E-state index in [1.807, 2.05) is 24.3 Å². The zero-order valence-electron chi connectivity index (χ0n) is 21.9. The number of alkyl halides is 3. The summed E-state index contributed by atoms with van der Waals surface area (Å²) in [5, 5.41) is 8.14. The summed E-state index contributed by atoms with van der Waals surface area (Å²) in [6.07, 6.45) is -0.626. The Morgan fingerprint density at radius 1 is 0.974 bits per heavy atom. The van der Waals surface area contributed by atoms with E-state index in [4.69, 9.17) is 0 Å². The van der Waals surface area contributed by atoms with Gasteiger partial charge < -0.3 is 20.9 Å². The molecule has 2 aromatic rings. The second-order valence-corrected chi connectivity index (χ2v) is 10.1. The summed E-state index contributed by atoms with van der Waals surface area (Å²) < 4.78 is 38.7. The van der Waals surface area contributed by atoms with Gasteiger partial charge in [0.15, 0.2) is 0 Å². The first-order valence-electron chi connectivity index (χ1n) is 13.2. The number of hydrogen-bond donors (Lipinski definition) is 3. The van der Waals surface area contributed by atoms with Crippen molar-refractivity contribution in [2.75, 3.05) is 42.9 Å². The highest BCUT2D eigenvalue weighted by molar-refractivity contribution is 5.96. The Hall–Kier alpha value is -3.60. The van der Waals surface area contributed by atoms with Gasteiger partial charge >= 0.3 is 6.18 Å². The number of halogens is 3. The van der Waals surface area contributed by atoms with Crippen LogP contribution in [0.1, 0.15) is 48.5 Å². The Kier molecular flexibility index (Phi) is 9.11. The van der Waals surface area contributed by atoms with E-state index in [1.165, 1.54) is 19.1 Å². The van der Waals surface area contributed by atoms with E-state index in [1.54, 1.807) is 0 Å². The molecular weight excluding hydrogens is 511 g/mol. The molecule has 4 rings (SSSR count). The zero-order valence-corrected chi connectivity index (χ0v) is 21.9. The molecule has 11 heteroatoms. The summed E-state index contributed by atoms with van der Waals surface area (Å²) in [4.78, 5) is 40.7. The number of hydrogen-bond acceptors (Lipinski definition) is 5. The number of rotatable bonds is 7. The van der Waals surface area contributed by atoms with Crippen LogP contribution in [0.4, 0.5) is 24.5 Å². The summed E-state index contributed by atoms with van der Waals surface area (Å²) in [5.41, 5.74) is 0.853. The number of benzene rings is 2. The first kappa shape index (κ1) is 28.4. The van der Waals surface area contributed by atoms with Crippen molar-refractivity contribution in [3.63, 3.8) is 0 Å². The average molecular weight is 546 g/mol. The maximum Gasteiger partial charge on any atom is 0.416 e. The third-order valence-electron chi connectivity index (χ3n) is 7.21. The molecule has 39 heavy (non-hydrogen) atoms. The molecular formula is C28H34F3N5O3. The third-order valence-corrected chi connectivity index (χ3v) is 7.21. The van der Waals surface area contributed by atoms with Gasteiger partial charge in [0.25, 0.3) is 5.91 Å². The standard InChI is InChI=1S/C28H34F3N5O3/c1-19(37)33-22-7-9-25(10-8-22)35-13-3-6-24(12-15-35)36-14-11-23(18-36)34-26(38)17-32-27(39)20-4-2-5-21(16-20)28(29,30)31/h2,4-5,7-10,16,23-24H,3,6,11-15,17-18H2,1H3,(H,32,39)(H,33,37)(H,34,38)/t23?,24-/m1/s1. The summed E-state index contributed by atoms with van der Waals surface area (Å²) in [5.74, 6) is -1.19. The molecule has 0 aromatic heterocycles. The normalized spacial score (nSPS) is 20.3. The van der Waals surface area contributed by atoms with E-state index in [0.29, 0.717) is 6.04 Å². The van der Waals surface area contributed by atoms with Crippen LogP contribution >= 0.6 is 0 Å². The van der Waals surface area contributed by atoms with Crippen molar-refractivity contribution in [1.82, 2.24) is 15.5 Å². The van der Waals surface area contributed by atoms with Crippen molar-refractivity contribution < 1.29 is 27.6 Å². The van der Waals surface area contributed by atoms with Crippen LogP contribution in [0.25, 0.3) is 0 Å². The number of anilines is 2. The zero-order chi connectivity index (χ0) is 28.0. The highest BCUT2D eigenvalue weighted by Crippen LogP contribution is 2.29. The van der Waals surface area contributed by atoms with Gasteiger partial charge in [-0.3, -0.25) is 19.3 Å². The molecule has 210 valence electrons. The minimum absolute atomic E-state index is 0.0383. The number of carbonyl (C=O) groups is 3. The molecule has 2 saturated heterocycles. The van der Waals surface area contributed by atoms with Gasteiger partial charge in [-0.2, -0.15) is 13.2 Å². The monoisotopic (exact) mass is 545 g/mol. The van der Waals surface area contributed by atoms with Crippen molar-refractivity contribution in [1.29, 1.82) is 0 Å². The van der Waals surface area contributed by atoms with Gasteiger partial charge in [-0.05, 0) is 68.1 Å². The minimum atomic E-state index is -4.54. The predicted molar refractivity (Wildman–Crippen MR) is 142 cm³/mol. The van der Waals surface area contributed by atoms with Crippen molar-refractivity contribution in [2.24, 2.45) is 0 Å². The van der Waals surface area contributed by atoms with Crippen molar-refractivity contribution >= 4 is 29.1 Å². The van der Waals surface area contributed by atoms with Crippen molar-refractivity contribution in [3.05, 3.63) is 59.7 Å². The second-order valence-electron chi connectivity index (χ2n) is 10.1. The highest BCUT2D eigenvalue weighted by Gasteiger charge is 2.32. The Morgan fingerprint density at radius 3 is 2.46 bits per heavy atom. The largest absolute Gasteiger partial charge is 0.416 e. The van der Waals surface area contributed by atoms with Crippen LogP contribution < -0.4 is 20.9 Å². The fourth-order valence-electron chi connectivity index (χ4n) is 5.28. The Bertz CT molecular complexity index is 1170. The topological polar surface area (TPSA) is 93.8 Å². The van der Waals surface area contributed by atoms with E-state index < -0.39 is 17.6 Å². The fraction of sp³-hybridized carbons (Fsp3) is 0.464. The number of nitrogens with one attached hydrogen (secondary N) is 3. The fourth-order valence-corrected chi connectivity index (χ4v) is 5.28. The molecule has 2 fully saturated rings. The van der Waals surface area contributed by atoms with E-state index in [2.05, 4.69) is 25.8 Å². The maximum atomic E-state index is 12.9. The molecule has 3 N–H and O–H groups in total. The van der Waals surface area contributed by atoms with E-state index in [9.17, 15) is 27.6 Å². The molecule has 0 aliphatic carbocycles. The van der Waals surface area contributed by atoms with Crippen LogP contribution in [-0.2, 0) is 15.8 Å². The number of amides is 3. The summed E-state index contributed by atoms with van der Waals surface area (Å²) in [7, 11) is 0. The molecule has 8 nitrogen and oxygen atoms in total. The quantitative estimate of drug-likeness (QED) is 0.494. The van der Waals surface area contributed by atoms with Crippen LogP contribution in [0, 0.1) is 0 Å². The minimum Gasteiger partial charge on any atom is -0.371 e. The molecule has 0 spiro atoms. The lowest BCUT2D eigenvalue weighted by molar-refractivity contribution is -0.137. The van der Waals surface area contributed by atoms with E-state index >= 15 is 0 Å². The lowest BCUT2D eigenvalue weighted by atomic mass is 10.1. The molecule has 2 aliphatic rings. The number of carbonyl (C=O) groups excluding carboxylic acids is 3. The number of nitrogens with zero attached hydrogens (tertiary/aromatic N) is 2. The Labute approximate surface area is 225 Å².